The predicted molar refractivity (Wildman–Crippen MR) is 79.7 cm³/mol. The Morgan fingerprint density at radius 3 is 2.77 bits per heavy atom. The van der Waals surface area contributed by atoms with Crippen LogP contribution >= 0.6 is 0 Å². The fourth-order valence-corrected chi connectivity index (χ4v) is 5.92. The molecule has 8 unspecified atom stereocenters. The van der Waals surface area contributed by atoms with Crippen molar-refractivity contribution in [1.82, 2.24) is 0 Å². The summed E-state index contributed by atoms with van der Waals surface area (Å²) in [5, 5.41) is 0. The Bertz CT molecular complexity index is 525. The van der Waals surface area contributed by atoms with Gasteiger partial charge in [0, 0.05) is 5.92 Å². The summed E-state index contributed by atoms with van der Waals surface area (Å²) in [6.45, 7) is 8.03. The van der Waals surface area contributed by atoms with Gasteiger partial charge in [-0.3, -0.25) is 9.59 Å². The van der Waals surface area contributed by atoms with E-state index in [-0.39, 0.29) is 35.5 Å². The van der Waals surface area contributed by atoms with Crippen molar-refractivity contribution in [2.75, 3.05) is 0 Å². The van der Waals surface area contributed by atoms with Crippen molar-refractivity contribution in [2.45, 2.75) is 58.7 Å². The van der Waals surface area contributed by atoms with Gasteiger partial charge in [-0.25, -0.2) is 0 Å². The maximum Gasteiger partial charge on any atom is 0.310 e. The number of hydrogen-bond donors (Lipinski definition) is 0. The molecule has 122 valence electrons. The molecule has 0 amide bonds. The lowest BCUT2D eigenvalue weighted by molar-refractivity contribution is -0.167. The van der Waals surface area contributed by atoms with Gasteiger partial charge in [0.05, 0.1) is 11.8 Å². The number of ether oxygens (including phenoxy) is 2. The highest BCUT2D eigenvalue weighted by molar-refractivity contribution is 5.78. The first-order valence-electron chi connectivity index (χ1n) is 8.78. The van der Waals surface area contributed by atoms with E-state index in [1.807, 2.05) is 27.7 Å². The molecule has 0 N–H and O–H groups in total. The van der Waals surface area contributed by atoms with Crippen LogP contribution in [-0.4, -0.2) is 23.6 Å². The fraction of sp³-hybridized carbons (Fsp3) is 0.889. The van der Waals surface area contributed by atoms with E-state index in [1.54, 1.807) is 0 Å². The smallest absolute Gasteiger partial charge is 0.310 e. The highest BCUT2D eigenvalue weighted by Gasteiger charge is 2.74. The van der Waals surface area contributed by atoms with Crippen molar-refractivity contribution in [3.63, 3.8) is 0 Å². The van der Waals surface area contributed by atoms with Crippen molar-refractivity contribution in [3.8, 4) is 0 Å². The normalized spacial score (nSPS) is 48.2. The van der Waals surface area contributed by atoms with Gasteiger partial charge in [-0.15, -0.1) is 0 Å². The second-order valence-corrected chi connectivity index (χ2v) is 8.41. The largest absolute Gasteiger partial charge is 0.462 e. The Labute approximate surface area is 131 Å². The van der Waals surface area contributed by atoms with Crippen LogP contribution < -0.4 is 0 Å². The molecular formula is C18H26O4. The number of rotatable bonds is 3. The minimum absolute atomic E-state index is 0.0111. The van der Waals surface area contributed by atoms with Gasteiger partial charge in [0.25, 0.3) is 0 Å². The van der Waals surface area contributed by atoms with Crippen LogP contribution in [0.15, 0.2) is 0 Å². The molecule has 3 saturated carbocycles. The van der Waals surface area contributed by atoms with Crippen LogP contribution in [-0.2, 0) is 19.1 Å². The maximum absolute atomic E-state index is 12.2. The van der Waals surface area contributed by atoms with Crippen molar-refractivity contribution in [2.24, 2.45) is 41.4 Å². The summed E-state index contributed by atoms with van der Waals surface area (Å²) in [6, 6.07) is 0. The van der Waals surface area contributed by atoms with E-state index < -0.39 is 0 Å². The first-order chi connectivity index (χ1) is 10.3. The zero-order chi connectivity index (χ0) is 15.8. The minimum atomic E-state index is -0.349. The standard InChI is InChI=1S/C18H26O4/c1-5-8(2)16(19)21-11-7-9-6-10(11)13-12(9)14-15(13)18(3,4)22-17(14)20/h8-15H,5-7H2,1-4H3. The third kappa shape index (κ3) is 1.70. The summed E-state index contributed by atoms with van der Waals surface area (Å²) in [7, 11) is 0. The zero-order valence-electron chi connectivity index (χ0n) is 13.9. The lowest BCUT2D eigenvalue weighted by atomic mass is 9.49. The van der Waals surface area contributed by atoms with Crippen molar-refractivity contribution in [1.29, 1.82) is 0 Å². The van der Waals surface area contributed by atoms with Crippen molar-refractivity contribution < 1.29 is 19.1 Å². The quantitative estimate of drug-likeness (QED) is 0.752. The summed E-state index contributed by atoms with van der Waals surface area (Å²) >= 11 is 0. The van der Waals surface area contributed by atoms with Gasteiger partial charge < -0.3 is 9.47 Å². The number of carbonyl (C=O) groups is 2. The Kier molecular flexibility index (Phi) is 2.96. The van der Waals surface area contributed by atoms with Gasteiger partial charge in [-0.05, 0) is 56.8 Å². The molecule has 0 aromatic carbocycles. The molecule has 22 heavy (non-hydrogen) atoms. The molecule has 0 aromatic rings. The minimum Gasteiger partial charge on any atom is -0.462 e. The van der Waals surface area contributed by atoms with E-state index in [9.17, 15) is 9.59 Å². The molecule has 4 nitrogen and oxygen atoms in total. The van der Waals surface area contributed by atoms with Gasteiger partial charge in [0.2, 0.25) is 0 Å². The molecule has 4 rings (SSSR count). The second kappa shape index (κ2) is 4.48. The van der Waals surface area contributed by atoms with E-state index >= 15 is 0 Å². The van der Waals surface area contributed by atoms with Crippen LogP contribution in [0.1, 0.15) is 47.0 Å². The highest BCUT2D eigenvalue weighted by Crippen LogP contribution is 2.71. The SMILES string of the molecule is CCC(C)C(=O)OC1CC2CC1C1C2C2C(=O)OC(C)(C)C21. The average Bonchev–Trinajstić information content (AvgIpc) is 2.95. The Morgan fingerprint density at radius 1 is 1.36 bits per heavy atom. The van der Waals surface area contributed by atoms with E-state index in [0.29, 0.717) is 29.6 Å². The third-order valence-electron chi connectivity index (χ3n) is 7.01. The Morgan fingerprint density at radius 2 is 2.09 bits per heavy atom. The molecule has 3 aliphatic carbocycles. The van der Waals surface area contributed by atoms with E-state index in [4.69, 9.17) is 9.47 Å². The number of esters is 2. The molecule has 4 aliphatic rings. The fourth-order valence-electron chi connectivity index (χ4n) is 5.92. The van der Waals surface area contributed by atoms with Crippen LogP contribution in [0, 0.1) is 41.4 Å². The monoisotopic (exact) mass is 306 g/mol. The predicted octanol–water partition coefficient (Wildman–Crippen LogP) is 2.80. The summed E-state index contributed by atoms with van der Waals surface area (Å²) in [5.74, 6) is 2.37. The molecular weight excluding hydrogens is 280 g/mol. The van der Waals surface area contributed by atoms with Crippen molar-refractivity contribution in [3.05, 3.63) is 0 Å². The first-order valence-corrected chi connectivity index (χ1v) is 8.78. The van der Waals surface area contributed by atoms with Crippen LogP contribution in [0.5, 0.6) is 0 Å². The summed E-state index contributed by atoms with van der Waals surface area (Å²) in [5.41, 5.74) is -0.349. The molecule has 4 heteroatoms. The van der Waals surface area contributed by atoms with E-state index in [2.05, 4.69) is 0 Å². The van der Waals surface area contributed by atoms with Gasteiger partial charge >= 0.3 is 11.9 Å². The Hall–Kier alpha value is -1.06. The van der Waals surface area contributed by atoms with Crippen LogP contribution in [0.3, 0.4) is 0 Å². The van der Waals surface area contributed by atoms with Crippen LogP contribution in [0.25, 0.3) is 0 Å². The molecule has 0 aromatic heterocycles. The molecule has 1 aliphatic heterocycles. The molecule has 4 fully saturated rings. The van der Waals surface area contributed by atoms with Gasteiger partial charge in [-0.1, -0.05) is 13.8 Å². The molecule has 1 saturated heterocycles. The number of hydrogen-bond acceptors (Lipinski definition) is 4. The van der Waals surface area contributed by atoms with Crippen LogP contribution in [0.2, 0.25) is 0 Å². The molecule has 0 radical (unpaired) electrons. The van der Waals surface area contributed by atoms with E-state index in [1.165, 1.54) is 0 Å². The molecule has 1 heterocycles. The average molecular weight is 306 g/mol. The summed E-state index contributed by atoms with van der Waals surface area (Å²) < 4.78 is 11.5. The highest BCUT2D eigenvalue weighted by atomic mass is 16.6. The first kappa shape index (κ1) is 14.5. The third-order valence-corrected chi connectivity index (χ3v) is 7.01. The van der Waals surface area contributed by atoms with Gasteiger partial charge in [0.1, 0.15) is 11.7 Å². The topological polar surface area (TPSA) is 52.6 Å². The lowest BCUT2D eigenvalue weighted by Crippen LogP contribution is -2.57. The number of cyclic esters (lactones) is 1. The Balaban J connectivity index is 1.51. The maximum atomic E-state index is 12.2. The number of fused-ring (bicyclic) bond motifs is 8. The molecule has 8 atom stereocenters. The molecule has 2 bridgehead atoms. The summed E-state index contributed by atoms with van der Waals surface area (Å²) in [4.78, 5) is 24.3. The summed E-state index contributed by atoms with van der Waals surface area (Å²) in [6.07, 6.45) is 2.97. The molecule has 0 spiro atoms. The number of carbonyl (C=O) groups excluding carboxylic acids is 2. The van der Waals surface area contributed by atoms with Gasteiger partial charge in [0.15, 0.2) is 0 Å². The van der Waals surface area contributed by atoms with E-state index in [0.717, 1.165) is 19.3 Å². The van der Waals surface area contributed by atoms with Gasteiger partial charge in [-0.2, -0.15) is 0 Å². The second-order valence-electron chi connectivity index (χ2n) is 8.41. The van der Waals surface area contributed by atoms with Crippen molar-refractivity contribution >= 4 is 11.9 Å². The zero-order valence-corrected chi connectivity index (χ0v) is 13.9. The van der Waals surface area contributed by atoms with Crippen LogP contribution in [0.4, 0.5) is 0 Å². The lowest BCUT2D eigenvalue weighted by Gasteiger charge is -2.53.